The molecule has 4 aromatic carbocycles. The van der Waals surface area contributed by atoms with E-state index in [2.05, 4.69) is 54.8 Å². The smallest absolute Gasteiger partial charge is 0.328 e. The van der Waals surface area contributed by atoms with Crippen molar-refractivity contribution in [1.29, 1.82) is 0 Å². The number of piperidine rings is 2. The molecule has 3 aromatic heterocycles. The van der Waals surface area contributed by atoms with Crippen molar-refractivity contribution in [3.8, 4) is 28.7 Å². The number of hydrogen-bond acceptors (Lipinski definition) is 16. The van der Waals surface area contributed by atoms with Crippen molar-refractivity contribution in [2.45, 2.75) is 87.6 Å². The summed E-state index contributed by atoms with van der Waals surface area (Å²) < 4.78 is 20.9. The minimum Gasteiger partial charge on any atom is -0.495 e. The van der Waals surface area contributed by atoms with Gasteiger partial charge in [-0.2, -0.15) is 0 Å². The highest BCUT2D eigenvalue weighted by molar-refractivity contribution is 6.06. The lowest BCUT2D eigenvalue weighted by Crippen LogP contribution is -2.55. The Kier molecular flexibility index (Phi) is 19.4. The minimum atomic E-state index is -1.56. The number of nitrogens with zero attached hydrogens (tertiary/aromatic N) is 6. The SMILES string of the molecule is COc1ccc(C#CCNC2(C)CCN(C3CCN(c4nc([C@@](COCNC(=O)CNC(=O)[C@@H](Cc5ccccc5)C(C(N)=O)C(N)C(N)=O)(OC5CC5)c5ccccc5)c5cc(-c6cn(C)c(=O)c7[nH]ccc67)ccc5n4)CC3)CC2)cc1N1CCC(=O)NC1=O. The first-order valence-electron chi connectivity index (χ1n) is 31.2. The van der Waals surface area contributed by atoms with Crippen molar-refractivity contribution in [2.75, 3.05) is 76.1 Å². The highest BCUT2D eigenvalue weighted by Gasteiger charge is 2.46. The summed E-state index contributed by atoms with van der Waals surface area (Å²) in [6, 6.07) is 30.2. The highest BCUT2D eigenvalue weighted by atomic mass is 16.6. The number of benzene rings is 4. The van der Waals surface area contributed by atoms with E-state index in [0.29, 0.717) is 70.7 Å². The third-order valence-corrected chi connectivity index (χ3v) is 18.1. The Morgan fingerprint density at radius 3 is 2.28 bits per heavy atom. The molecule has 480 valence electrons. The second-order valence-corrected chi connectivity index (χ2v) is 24.4. The number of likely N-dealkylation sites (tertiary alicyclic amines) is 1. The number of fused-ring (bicyclic) bond motifs is 2. The van der Waals surface area contributed by atoms with Gasteiger partial charge in [-0.15, -0.1) is 0 Å². The van der Waals surface area contributed by atoms with Gasteiger partial charge in [0.1, 0.15) is 18.0 Å². The second kappa shape index (κ2) is 27.9. The largest absolute Gasteiger partial charge is 0.495 e. The molecule has 4 aliphatic rings. The van der Waals surface area contributed by atoms with Crippen molar-refractivity contribution in [3.63, 3.8) is 0 Å². The molecule has 24 nitrogen and oxygen atoms in total. The van der Waals surface area contributed by atoms with Gasteiger partial charge >= 0.3 is 6.03 Å². The summed E-state index contributed by atoms with van der Waals surface area (Å²) in [5.41, 5.74) is 21.7. The van der Waals surface area contributed by atoms with E-state index in [1.54, 1.807) is 61.3 Å². The molecule has 1 saturated carbocycles. The topological polar surface area (TPSA) is 330 Å². The number of pyridine rings is 1. The van der Waals surface area contributed by atoms with Crippen LogP contribution >= 0.6 is 0 Å². The number of carbonyl (C=O) groups excluding carboxylic acids is 6. The molecule has 92 heavy (non-hydrogen) atoms. The van der Waals surface area contributed by atoms with Crippen LogP contribution in [-0.2, 0) is 52.5 Å². The van der Waals surface area contributed by atoms with Crippen molar-refractivity contribution >= 4 is 69.0 Å². The third-order valence-electron chi connectivity index (χ3n) is 18.1. The first-order chi connectivity index (χ1) is 44.4. The summed E-state index contributed by atoms with van der Waals surface area (Å²) in [5.74, 6) is 1.24. The van der Waals surface area contributed by atoms with Gasteiger partial charge in [-0.1, -0.05) is 78.6 Å². The van der Waals surface area contributed by atoms with E-state index in [-0.39, 0.29) is 55.8 Å². The van der Waals surface area contributed by atoms with Gasteiger partial charge in [0.15, 0.2) is 5.60 Å². The monoisotopic (exact) mass is 1250 g/mol. The van der Waals surface area contributed by atoms with E-state index in [4.69, 9.17) is 41.4 Å². The molecule has 0 radical (unpaired) electrons. The summed E-state index contributed by atoms with van der Waals surface area (Å²) in [4.78, 5) is 111. The van der Waals surface area contributed by atoms with Gasteiger partial charge in [-0.25, -0.2) is 14.8 Å². The van der Waals surface area contributed by atoms with Gasteiger partial charge in [0.05, 0.1) is 67.7 Å². The Labute approximate surface area is 532 Å². The minimum absolute atomic E-state index is 0.0147. The molecule has 11 N–H and O–H groups in total. The Hall–Kier alpha value is -9.51. The fourth-order valence-electron chi connectivity index (χ4n) is 12.8. The Balaban J connectivity index is 0.810. The first kappa shape index (κ1) is 64.0. The van der Waals surface area contributed by atoms with Gasteiger partial charge < -0.3 is 66.7 Å². The molecule has 6 heterocycles. The molecule has 24 heteroatoms. The number of nitrogens with two attached hydrogens (primary N) is 3. The molecule has 4 atom stereocenters. The van der Waals surface area contributed by atoms with Crippen LogP contribution in [0.15, 0.2) is 120 Å². The number of rotatable bonds is 24. The van der Waals surface area contributed by atoms with Crippen LogP contribution in [0.2, 0.25) is 0 Å². The zero-order chi connectivity index (χ0) is 64.7. The molecule has 3 aliphatic heterocycles. The number of carbonyl (C=O) groups is 6. The normalized spacial score (nSPS) is 17.8. The van der Waals surface area contributed by atoms with Gasteiger partial charge in [0.25, 0.3) is 5.56 Å². The molecule has 0 spiro atoms. The molecule has 11 rings (SSSR count). The summed E-state index contributed by atoms with van der Waals surface area (Å²) >= 11 is 0. The number of nitrogens with one attached hydrogen (secondary N) is 5. The zero-order valence-electron chi connectivity index (χ0n) is 51.9. The predicted octanol–water partition coefficient (Wildman–Crippen LogP) is 3.80. The molecule has 7 amide bonds. The molecule has 4 fully saturated rings. The zero-order valence-corrected chi connectivity index (χ0v) is 51.9. The van der Waals surface area contributed by atoms with Crippen LogP contribution in [0, 0.1) is 23.7 Å². The number of aromatic amines is 1. The van der Waals surface area contributed by atoms with Crippen LogP contribution in [0.25, 0.3) is 32.9 Å². The van der Waals surface area contributed by atoms with E-state index in [0.717, 1.165) is 79.3 Å². The standard InChI is InChI=1S/C68H78N14O10/c1-67(75-28-10-13-43-16-21-54(90-3)53(36-43)82-32-25-55(83)77-66(82)89)26-33-80(34-27-67)46-23-30-81(31-24-46)65-76-52-20-17-44(51-39-79(2)64(88)59-48(51)22-29-72-59)37-49(52)60(78-65)68(92-47-18-19-47,45-14-8-5-9-15-45)40-91-41-74-56(84)38-73-63(87)50(35-42-11-6-4-7-12-42)57(61(70)85)58(69)62(71)86/h4-9,11-12,14-17,20-22,29,36-37,39,46-47,50,57-58,72,75H,18-19,23-28,30-35,38,40-41,69H2,1-3H3,(H2,70,85)(H2,71,86)(H,73,87)(H,74,84)(H,77,83,89)/t50-,57?,58?,68-/m0/s1. The van der Waals surface area contributed by atoms with Gasteiger partial charge in [0.2, 0.25) is 35.5 Å². The number of imide groups is 1. The van der Waals surface area contributed by atoms with E-state index in [1.807, 2.05) is 72.9 Å². The van der Waals surface area contributed by atoms with Gasteiger partial charge in [0, 0.05) is 92.1 Å². The van der Waals surface area contributed by atoms with E-state index in [9.17, 15) is 33.6 Å². The molecule has 3 saturated heterocycles. The number of aromatic nitrogens is 4. The maximum atomic E-state index is 13.9. The Morgan fingerprint density at radius 1 is 0.848 bits per heavy atom. The summed E-state index contributed by atoms with van der Waals surface area (Å²) in [5, 5.41) is 12.9. The van der Waals surface area contributed by atoms with Crippen LogP contribution in [-0.4, -0.2) is 150 Å². The fraction of sp³-hybridized carbons (Fsp3) is 0.397. The number of H-pyrrole nitrogens is 1. The first-order valence-corrected chi connectivity index (χ1v) is 31.2. The lowest BCUT2D eigenvalue weighted by Gasteiger charge is -2.45. The molecule has 1 aliphatic carbocycles. The highest BCUT2D eigenvalue weighted by Crippen LogP contribution is 2.44. The summed E-state index contributed by atoms with van der Waals surface area (Å²) in [6.45, 7) is 5.28. The number of urea groups is 1. The molecule has 0 bridgehead atoms. The van der Waals surface area contributed by atoms with Gasteiger partial charge in [-0.3, -0.25) is 39.0 Å². The van der Waals surface area contributed by atoms with Crippen molar-refractivity contribution in [1.82, 2.24) is 45.7 Å². The maximum absolute atomic E-state index is 13.9. The van der Waals surface area contributed by atoms with Crippen LogP contribution in [0.3, 0.4) is 0 Å². The van der Waals surface area contributed by atoms with Crippen LogP contribution < -0.4 is 58.6 Å². The van der Waals surface area contributed by atoms with Gasteiger partial charge in [-0.05, 0) is 105 Å². The van der Waals surface area contributed by atoms with Crippen molar-refractivity contribution < 1.29 is 43.0 Å². The molecular weight excluding hydrogens is 1170 g/mol. The average molecular weight is 1250 g/mol. The number of anilines is 2. The van der Waals surface area contributed by atoms with Crippen LogP contribution in [0.1, 0.15) is 74.3 Å². The van der Waals surface area contributed by atoms with E-state index >= 15 is 0 Å². The fourth-order valence-corrected chi connectivity index (χ4v) is 12.8. The lowest BCUT2D eigenvalue weighted by atomic mass is 9.80. The maximum Gasteiger partial charge on any atom is 0.328 e. The summed E-state index contributed by atoms with van der Waals surface area (Å²) in [7, 11) is 3.27. The van der Waals surface area contributed by atoms with Crippen molar-refractivity contribution in [2.24, 2.45) is 36.1 Å². The molecule has 2 unspecified atom stereocenters. The van der Waals surface area contributed by atoms with E-state index in [1.165, 1.54) is 4.90 Å². The molecule has 7 aromatic rings. The summed E-state index contributed by atoms with van der Waals surface area (Å²) in [6.07, 6.45) is 8.87. The number of aryl methyl sites for hydroxylation is 1. The lowest BCUT2D eigenvalue weighted by molar-refractivity contribution is -0.137. The molecular formula is C68H78N14O10. The third kappa shape index (κ3) is 14.3. The number of primary amides is 2. The number of ether oxygens (including phenoxy) is 3. The quantitative estimate of drug-likeness (QED) is 0.0242. The van der Waals surface area contributed by atoms with E-state index < -0.39 is 59.7 Å². The number of amides is 7. The number of hydrogen-bond donors (Lipinski definition) is 8. The second-order valence-electron chi connectivity index (χ2n) is 24.4. The average Bonchev–Trinajstić information content (AvgIpc) is 0.980. The van der Waals surface area contributed by atoms with Crippen molar-refractivity contribution in [3.05, 3.63) is 148 Å². The van der Waals surface area contributed by atoms with Crippen LogP contribution in [0.4, 0.5) is 16.4 Å². The predicted molar refractivity (Wildman–Crippen MR) is 347 cm³/mol. The Bertz CT molecular complexity index is 4020. The number of methoxy groups -OCH3 is 1. The van der Waals surface area contributed by atoms with Crippen LogP contribution in [0.5, 0.6) is 5.75 Å². The Morgan fingerprint density at radius 2 is 1.59 bits per heavy atom.